The summed E-state index contributed by atoms with van der Waals surface area (Å²) in [6.45, 7) is 1.01. The molecule has 0 fully saturated rings. The molecule has 24 heavy (non-hydrogen) atoms. The number of fused-ring (bicyclic) bond motifs is 1. The molecule has 1 aliphatic heterocycles. The normalized spacial score (nSPS) is 17.5. The second-order valence-corrected chi connectivity index (χ2v) is 5.86. The first-order valence-corrected chi connectivity index (χ1v) is 8.05. The molecule has 0 spiro atoms. The highest BCUT2D eigenvalue weighted by Gasteiger charge is 2.23. The van der Waals surface area contributed by atoms with Crippen LogP contribution in [0.3, 0.4) is 0 Å². The number of ether oxygens (including phenoxy) is 3. The summed E-state index contributed by atoms with van der Waals surface area (Å²) in [6.07, 6.45) is 0.254. The first-order chi connectivity index (χ1) is 11.7. The third-order valence-electron chi connectivity index (χ3n) is 4.25. The molecule has 1 heterocycles. The van der Waals surface area contributed by atoms with Crippen LogP contribution in [0.25, 0.3) is 0 Å². The Hall–Kier alpha value is -2.24. The van der Waals surface area contributed by atoms with E-state index in [9.17, 15) is 5.11 Å². The molecule has 0 saturated carbocycles. The van der Waals surface area contributed by atoms with Gasteiger partial charge >= 0.3 is 0 Å². The smallest absolute Gasteiger partial charge is 0.164 e. The number of rotatable bonds is 6. The molecule has 2 N–H and O–H groups in total. The van der Waals surface area contributed by atoms with Gasteiger partial charge < -0.3 is 24.6 Å². The van der Waals surface area contributed by atoms with Crippen LogP contribution in [0.2, 0.25) is 0 Å². The minimum absolute atomic E-state index is 0.157. The fourth-order valence-corrected chi connectivity index (χ4v) is 2.93. The summed E-state index contributed by atoms with van der Waals surface area (Å²) in [5.74, 6) is 2.34. The first kappa shape index (κ1) is 16.6. The highest BCUT2D eigenvalue weighted by atomic mass is 16.5. The van der Waals surface area contributed by atoms with Gasteiger partial charge in [0.2, 0.25) is 0 Å². The van der Waals surface area contributed by atoms with Crippen LogP contribution in [0.5, 0.6) is 17.2 Å². The molecular formula is C19H23NO4. The molecule has 5 heteroatoms. The van der Waals surface area contributed by atoms with Crippen LogP contribution in [0.15, 0.2) is 42.5 Å². The van der Waals surface area contributed by atoms with Gasteiger partial charge in [-0.15, -0.1) is 0 Å². The average molecular weight is 329 g/mol. The third-order valence-corrected chi connectivity index (χ3v) is 4.25. The van der Waals surface area contributed by atoms with Gasteiger partial charge in [0.15, 0.2) is 11.5 Å². The summed E-state index contributed by atoms with van der Waals surface area (Å²) in [5.41, 5.74) is 1.95. The van der Waals surface area contributed by atoms with E-state index in [4.69, 9.17) is 14.2 Å². The van der Waals surface area contributed by atoms with Gasteiger partial charge in [-0.05, 0) is 35.7 Å². The molecule has 2 atom stereocenters. The maximum atomic E-state index is 10.4. The Kier molecular flexibility index (Phi) is 5.23. The molecule has 1 aliphatic rings. The number of para-hydroxylation sites is 1. The predicted octanol–water partition coefficient (Wildman–Crippen LogP) is 2.33. The summed E-state index contributed by atoms with van der Waals surface area (Å²) in [7, 11) is 3.27. The lowest BCUT2D eigenvalue weighted by Crippen LogP contribution is -2.41. The van der Waals surface area contributed by atoms with Crippen molar-refractivity contribution in [2.75, 3.05) is 27.4 Å². The molecule has 0 bridgehead atoms. The Morgan fingerprint density at radius 3 is 2.83 bits per heavy atom. The highest BCUT2D eigenvalue weighted by molar-refractivity contribution is 5.48. The van der Waals surface area contributed by atoms with Gasteiger partial charge in [0.25, 0.3) is 0 Å². The van der Waals surface area contributed by atoms with E-state index in [1.807, 2.05) is 42.5 Å². The Labute approximate surface area is 142 Å². The molecule has 128 valence electrons. The number of aliphatic hydroxyl groups excluding tert-OH is 1. The van der Waals surface area contributed by atoms with Crippen LogP contribution in [-0.2, 0) is 6.42 Å². The molecule has 0 radical (unpaired) electrons. The van der Waals surface area contributed by atoms with Crippen molar-refractivity contribution in [2.24, 2.45) is 0 Å². The largest absolute Gasteiger partial charge is 0.497 e. The van der Waals surface area contributed by atoms with Crippen LogP contribution in [0.1, 0.15) is 17.2 Å². The van der Waals surface area contributed by atoms with Crippen molar-refractivity contribution in [1.82, 2.24) is 5.32 Å². The summed E-state index contributed by atoms with van der Waals surface area (Å²) >= 11 is 0. The lowest BCUT2D eigenvalue weighted by atomic mass is 10.0. The van der Waals surface area contributed by atoms with E-state index in [-0.39, 0.29) is 6.04 Å². The Morgan fingerprint density at radius 1 is 1.21 bits per heavy atom. The Bertz CT molecular complexity index is 689. The summed E-state index contributed by atoms with van der Waals surface area (Å²) in [6, 6.07) is 13.6. The maximum Gasteiger partial charge on any atom is 0.164 e. The maximum absolute atomic E-state index is 10.4. The minimum Gasteiger partial charge on any atom is -0.497 e. The van der Waals surface area contributed by atoms with Crippen molar-refractivity contribution >= 4 is 0 Å². The zero-order chi connectivity index (χ0) is 16.9. The molecule has 0 aliphatic carbocycles. The molecular weight excluding hydrogens is 306 g/mol. The zero-order valence-corrected chi connectivity index (χ0v) is 14.0. The number of hydrogen-bond donors (Lipinski definition) is 2. The molecule has 0 unspecified atom stereocenters. The van der Waals surface area contributed by atoms with Gasteiger partial charge in [0.05, 0.1) is 20.3 Å². The quantitative estimate of drug-likeness (QED) is 0.852. The van der Waals surface area contributed by atoms with Gasteiger partial charge in [-0.1, -0.05) is 24.3 Å². The van der Waals surface area contributed by atoms with Crippen LogP contribution in [0, 0.1) is 0 Å². The first-order valence-electron chi connectivity index (χ1n) is 8.05. The molecule has 0 saturated heterocycles. The topological polar surface area (TPSA) is 60.0 Å². The number of methoxy groups -OCH3 is 2. The monoisotopic (exact) mass is 329 g/mol. The molecule has 3 rings (SSSR count). The van der Waals surface area contributed by atoms with Crippen LogP contribution < -0.4 is 19.5 Å². The Morgan fingerprint density at radius 2 is 2.04 bits per heavy atom. The standard InChI is InChI=1S/C19H23NO4/c1-22-16-7-3-5-13(10-16)17(21)11-20-15-9-14-6-4-8-18(23-2)19(14)24-12-15/h3-8,10,15,17,20-21H,9,11-12H2,1-2H3/t15-,17+/m1/s1. The molecule has 2 aromatic carbocycles. The van der Waals surface area contributed by atoms with Crippen LogP contribution >= 0.6 is 0 Å². The van der Waals surface area contributed by atoms with Crippen molar-refractivity contribution in [3.63, 3.8) is 0 Å². The van der Waals surface area contributed by atoms with Crippen molar-refractivity contribution in [3.8, 4) is 17.2 Å². The van der Waals surface area contributed by atoms with Gasteiger partial charge in [-0.3, -0.25) is 0 Å². The van der Waals surface area contributed by atoms with E-state index < -0.39 is 6.10 Å². The SMILES string of the molecule is COc1cccc([C@@H](O)CN[C@H]2COc3c(cccc3OC)C2)c1. The van der Waals surface area contributed by atoms with Crippen LogP contribution in [-0.4, -0.2) is 38.5 Å². The van der Waals surface area contributed by atoms with Gasteiger partial charge in [0.1, 0.15) is 12.4 Å². The lowest BCUT2D eigenvalue weighted by Gasteiger charge is -2.28. The van der Waals surface area contributed by atoms with E-state index >= 15 is 0 Å². The van der Waals surface area contributed by atoms with Crippen molar-refractivity contribution in [2.45, 2.75) is 18.6 Å². The van der Waals surface area contributed by atoms with Crippen molar-refractivity contribution in [1.29, 1.82) is 0 Å². The van der Waals surface area contributed by atoms with Crippen molar-refractivity contribution in [3.05, 3.63) is 53.6 Å². The molecule has 5 nitrogen and oxygen atoms in total. The van der Waals surface area contributed by atoms with E-state index in [0.29, 0.717) is 13.2 Å². The van der Waals surface area contributed by atoms with Crippen molar-refractivity contribution < 1.29 is 19.3 Å². The highest BCUT2D eigenvalue weighted by Crippen LogP contribution is 2.34. The third kappa shape index (κ3) is 3.63. The van der Waals surface area contributed by atoms with E-state index in [1.54, 1.807) is 14.2 Å². The predicted molar refractivity (Wildman–Crippen MR) is 91.9 cm³/mol. The van der Waals surface area contributed by atoms with Gasteiger partial charge in [0, 0.05) is 12.6 Å². The number of hydrogen-bond acceptors (Lipinski definition) is 5. The fourth-order valence-electron chi connectivity index (χ4n) is 2.93. The van der Waals surface area contributed by atoms with Gasteiger partial charge in [-0.25, -0.2) is 0 Å². The number of benzene rings is 2. The average Bonchev–Trinajstić information content (AvgIpc) is 2.65. The second-order valence-electron chi connectivity index (χ2n) is 5.86. The summed E-state index contributed by atoms with van der Waals surface area (Å²) in [4.78, 5) is 0. The number of aliphatic hydroxyl groups is 1. The van der Waals surface area contributed by atoms with E-state index in [0.717, 1.165) is 34.8 Å². The Balaban J connectivity index is 1.59. The van der Waals surface area contributed by atoms with Crippen LogP contribution in [0.4, 0.5) is 0 Å². The van der Waals surface area contributed by atoms with E-state index in [2.05, 4.69) is 5.32 Å². The minimum atomic E-state index is -0.591. The summed E-state index contributed by atoms with van der Waals surface area (Å²) < 4.78 is 16.4. The number of nitrogens with one attached hydrogen (secondary N) is 1. The van der Waals surface area contributed by atoms with Gasteiger partial charge in [-0.2, -0.15) is 0 Å². The zero-order valence-electron chi connectivity index (χ0n) is 14.0. The summed E-state index contributed by atoms with van der Waals surface area (Å²) in [5, 5.41) is 13.7. The second kappa shape index (κ2) is 7.55. The fraction of sp³-hybridized carbons (Fsp3) is 0.368. The molecule has 2 aromatic rings. The van der Waals surface area contributed by atoms with E-state index in [1.165, 1.54) is 0 Å². The molecule has 0 amide bonds. The molecule has 0 aromatic heterocycles. The lowest BCUT2D eigenvalue weighted by molar-refractivity contribution is 0.156.